The molecule has 1 aliphatic rings. The van der Waals surface area contributed by atoms with Gasteiger partial charge in [-0.15, -0.1) is 0 Å². The molecular weight excluding hydrogens is 226 g/mol. The van der Waals surface area contributed by atoms with Gasteiger partial charge in [-0.25, -0.2) is 0 Å². The predicted octanol–water partition coefficient (Wildman–Crippen LogP) is 2.95. The first-order chi connectivity index (χ1) is 8.65. The van der Waals surface area contributed by atoms with Gasteiger partial charge < -0.3 is 10.4 Å². The number of nitrogens with one attached hydrogen (secondary N) is 1. The summed E-state index contributed by atoms with van der Waals surface area (Å²) in [6.45, 7) is 3.05. The Morgan fingerprint density at radius 1 is 1.33 bits per heavy atom. The number of rotatable bonds is 3. The Morgan fingerprint density at radius 2 is 2.06 bits per heavy atom. The number of carbonyl (C=O) groups excluding carboxylic acids is 1. The average molecular weight is 247 g/mol. The number of carbonyl (C=O) groups is 1. The minimum atomic E-state index is -0.0479. The lowest BCUT2D eigenvalue weighted by molar-refractivity contribution is 0.0940. The molecule has 2 atom stereocenters. The minimum Gasteiger partial charge on any atom is -0.508 e. The lowest BCUT2D eigenvalue weighted by Gasteiger charge is -2.26. The molecule has 0 spiro atoms. The van der Waals surface area contributed by atoms with Crippen molar-refractivity contribution in [1.29, 1.82) is 0 Å². The van der Waals surface area contributed by atoms with Crippen LogP contribution in [0.4, 0.5) is 0 Å². The first-order valence-electron chi connectivity index (χ1n) is 6.72. The van der Waals surface area contributed by atoms with Gasteiger partial charge in [-0.1, -0.05) is 19.8 Å². The highest BCUT2D eigenvalue weighted by molar-refractivity contribution is 5.94. The average Bonchev–Trinajstić information content (AvgIpc) is 2.37. The van der Waals surface area contributed by atoms with Gasteiger partial charge in [0.05, 0.1) is 0 Å². The van der Waals surface area contributed by atoms with E-state index in [1.54, 1.807) is 12.1 Å². The van der Waals surface area contributed by atoms with E-state index in [-0.39, 0.29) is 11.7 Å². The van der Waals surface area contributed by atoms with E-state index in [9.17, 15) is 4.79 Å². The van der Waals surface area contributed by atoms with Crippen molar-refractivity contribution in [3.63, 3.8) is 0 Å². The van der Waals surface area contributed by atoms with Crippen LogP contribution in [0.2, 0.25) is 0 Å². The normalized spacial score (nSPS) is 23.6. The third kappa shape index (κ3) is 3.49. The van der Waals surface area contributed by atoms with Crippen LogP contribution in [-0.2, 0) is 0 Å². The van der Waals surface area contributed by atoms with Crippen molar-refractivity contribution < 1.29 is 9.90 Å². The summed E-state index contributed by atoms with van der Waals surface area (Å²) < 4.78 is 0. The summed E-state index contributed by atoms with van der Waals surface area (Å²) in [5.41, 5.74) is 0.608. The number of phenols is 1. The zero-order valence-electron chi connectivity index (χ0n) is 10.9. The van der Waals surface area contributed by atoms with Crippen LogP contribution in [0.1, 0.15) is 43.0 Å². The first kappa shape index (κ1) is 12.9. The van der Waals surface area contributed by atoms with Gasteiger partial charge in [0.25, 0.3) is 5.91 Å². The number of amides is 1. The number of aromatic hydroxyl groups is 1. The largest absolute Gasteiger partial charge is 0.508 e. The van der Waals surface area contributed by atoms with E-state index in [0.29, 0.717) is 11.5 Å². The minimum absolute atomic E-state index is 0.0479. The number of benzene rings is 1. The first-order valence-corrected chi connectivity index (χ1v) is 6.72. The second kappa shape index (κ2) is 5.89. The van der Waals surface area contributed by atoms with Crippen LogP contribution in [-0.4, -0.2) is 17.6 Å². The van der Waals surface area contributed by atoms with Gasteiger partial charge >= 0.3 is 0 Å². The molecule has 3 nitrogen and oxygen atoms in total. The molecule has 1 aromatic carbocycles. The summed E-state index contributed by atoms with van der Waals surface area (Å²) in [5, 5.41) is 12.2. The highest BCUT2D eigenvalue weighted by Gasteiger charge is 2.19. The van der Waals surface area contributed by atoms with Crippen LogP contribution < -0.4 is 5.32 Å². The van der Waals surface area contributed by atoms with Gasteiger partial charge in [0.15, 0.2) is 0 Å². The van der Waals surface area contributed by atoms with Crippen molar-refractivity contribution >= 4 is 5.91 Å². The molecule has 3 heteroatoms. The second-order valence-corrected chi connectivity index (χ2v) is 5.39. The van der Waals surface area contributed by atoms with Crippen LogP contribution >= 0.6 is 0 Å². The Bertz CT molecular complexity index is 399. The molecule has 0 aromatic heterocycles. The molecule has 0 saturated heterocycles. The van der Waals surface area contributed by atoms with E-state index in [0.717, 1.165) is 12.5 Å². The Kier molecular flexibility index (Phi) is 4.24. The zero-order chi connectivity index (χ0) is 13.0. The van der Waals surface area contributed by atoms with E-state index >= 15 is 0 Å². The molecule has 0 bridgehead atoms. The Labute approximate surface area is 108 Å². The molecule has 0 radical (unpaired) electrons. The summed E-state index contributed by atoms with van der Waals surface area (Å²) in [5.74, 6) is 1.55. The van der Waals surface area contributed by atoms with Crippen molar-refractivity contribution in [3.05, 3.63) is 29.8 Å². The van der Waals surface area contributed by atoms with Crippen molar-refractivity contribution in [1.82, 2.24) is 5.32 Å². The van der Waals surface area contributed by atoms with Gasteiger partial charge in [0, 0.05) is 12.1 Å². The highest BCUT2D eigenvalue weighted by atomic mass is 16.3. The van der Waals surface area contributed by atoms with E-state index in [2.05, 4.69) is 12.2 Å². The van der Waals surface area contributed by atoms with E-state index in [1.165, 1.54) is 37.8 Å². The molecule has 2 unspecified atom stereocenters. The van der Waals surface area contributed by atoms with Crippen LogP contribution in [0.15, 0.2) is 24.3 Å². The molecule has 0 heterocycles. The third-order valence-corrected chi connectivity index (χ3v) is 3.73. The number of phenolic OH excluding ortho intramolecular Hbond substituents is 1. The summed E-state index contributed by atoms with van der Waals surface area (Å²) in [7, 11) is 0. The number of hydrogen-bond donors (Lipinski definition) is 2. The summed E-state index contributed by atoms with van der Waals surface area (Å²) in [6, 6.07) is 6.37. The Morgan fingerprint density at radius 3 is 2.72 bits per heavy atom. The van der Waals surface area contributed by atoms with Crippen molar-refractivity contribution in [2.45, 2.75) is 32.6 Å². The topological polar surface area (TPSA) is 49.3 Å². The molecule has 1 aliphatic carbocycles. The van der Waals surface area contributed by atoms with E-state index in [1.807, 2.05) is 0 Å². The van der Waals surface area contributed by atoms with Gasteiger partial charge in [-0.05, 0) is 48.9 Å². The van der Waals surface area contributed by atoms with Crippen molar-refractivity contribution in [2.24, 2.45) is 11.8 Å². The fraction of sp³-hybridized carbons (Fsp3) is 0.533. The van der Waals surface area contributed by atoms with Crippen molar-refractivity contribution in [2.75, 3.05) is 6.54 Å². The maximum atomic E-state index is 11.9. The lowest BCUT2D eigenvalue weighted by Crippen LogP contribution is -2.31. The van der Waals surface area contributed by atoms with Gasteiger partial charge in [0.2, 0.25) is 0 Å². The van der Waals surface area contributed by atoms with Gasteiger partial charge in [-0.2, -0.15) is 0 Å². The molecule has 2 N–H and O–H groups in total. The number of hydrogen-bond acceptors (Lipinski definition) is 2. The molecule has 98 valence electrons. The molecule has 1 amide bonds. The highest BCUT2D eigenvalue weighted by Crippen LogP contribution is 2.27. The van der Waals surface area contributed by atoms with Crippen LogP contribution in [0.25, 0.3) is 0 Å². The standard InChI is InChI=1S/C15H21NO2/c1-11-3-2-4-12(9-11)10-16-15(18)13-5-7-14(17)8-6-13/h5-8,11-12,17H,2-4,9-10H2,1H3,(H,16,18). The fourth-order valence-electron chi connectivity index (χ4n) is 2.70. The molecule has 1 aromatic rings. The molecule has 18 heavy (non-hydrogen) atoms. The van der Waals surface area contributed by atoms with Crippen LogP contribution in [0.3, 0.4) is 0 Å². The molecule has 2 rings (SSSR count). The smallest absolute Gasteiger partial charge is 0.251 e. The van der Waals surface area contributed by atoms with Crippen molar-refractivity contribution in [3.8, 4) is 5.75 Å². The monoisotopic (exact) mass is 247 g/mol. The molecule has 0 aliphatic heterocycles. The van der Waals surface area contributed by atoms with Crippen LogP contribution in [0, 0.1) is 11.8 Å². The second-order valence-electron chi connectivity index (χ2n) is 5.39. The summed E-state index contributed by atoms with van der Waals surface area (Å²) in [4.78, 5) is 11.9. The van der Waals surface area contributed by atoms with Gasteiger partial charge in [-0.3, -0.25) is 4.79 Å². The van der Waals surface area contributed by atoms with Crippen LogP contribution in [0.5, 0.6) is 5.75 Å². The van der Waals surface area contributed by atoms with E-state index in [4.69, 9.17) is 5.11 Å². The molecule has 1 fully saturated rings. The summed E-state index contributed by atoms with van der Waals surface area (Å²) >= 11 is 0. The van der Waals surface area contributed by atoms with Gasteiger partial charge in [0.1, 0.15) is 5.75 Å². The molecule has 1 saturated carbocycles. The zero-order valence-corrected chi connectivity index (χ0v) is 10.9. The quantitative estimate of drug-likeness (QED) is 0.862. The fourth-order valence-corrected chi connectivity index (χ4v) is 2.70. The summed E-state index contributed by atoms with van der Waals surface area (Å²) in [6.07, 6.45) is 5.04. The Hall–Kier alpha value is -1.51. The predicted molar refractivity (Wildman–Crippen MR) is 71.6 cm³/mol. The Balaban J connectivity index is 1.82. The SMILES string of the molecule is CC1CCCC(CNC(=O)c2ccc(O)cc2)C1. The maximum absolute atomic E-state index is 11.9. The molecular formula is C15H21NO2. The maximum Gasteiger partial charge on any atom is 0.251 e. The van der Waals surface area contributed by atoms with E-state index < -0.39 is 0 Å². The third-order valence-electron chi connectivity index (χ3n) is 3.73. The lowest BCUT2D eigenvalue weighted by atomic mass is 9.82.